The van der Waals surface area contributed by atoms with E-state index in [-0.39, 0.29) is 16.8 Å². The average molecular weight is 252 g/mol. The molecule has 0 spiro atoms. The monoisotopic (exact) mass is 252 g/mol. The highest BCUT2D eigenvalue weighted by atomic mass is 32.1. The molecule has 1 aliphatic rings. The summed E-state index contributed by atoms with van der Waals surface area (Å²) in [5.41, 5.74) is 1.14. The third kappa shape index (κ3) is 2.26. The van der Waals surface area contributed by atoms with Crippen molar-refractivity contribution >= 4 is 29.9 Å². The molecular weight excluding hydrogens is 240 g/mol. The number of hydrogen-bond acceptors (Lipinski definition) is 4. The van der Waals surface area contributed by atoms with Gasteiger partial charge in [0.05, 0.1) is 4.92 Å². The summed E-state index contributed by atoms with van der Waals surface area (Å²) < 4.78 is 0. The van der Waals surface area contributed by atoms with Crippen molar-refractivity contribution in [3.05, 3.63) is 33.9 Å². The van der Waals surface area contributed by atoms with Crippen molar-refractivity contribution in [1.82, 2.24) is 0 Å². The molecule has 5 nitrogen and oxygen atoms in total. The van der Waals surface area contributed by atoms with E-state index < -0.39 is 4.92 Å². The minimum atomic E-state index is -0.457. The highest BCUT2D eigenvalue weighted by Crippen LogP contribution is 2.32. The van der Waals surface area contributed by atoms with E-state index in [1.807, 2.05) is 0 Å². The lowest BCUT2D eigenvalue weighted by Gasteiger charge is -2.16. The van der Waals surface area contributed by atoms with Crippen molar-refractivity contribution < 1.29 is 9.72 Å². The van der Waals surface area contributed by atoms with Crippen LogP contribution in [0, 0.1) is 17.0 Å². The van der Waals surface area contributed by atoms with Gasteiger partial charge >= 0.3 is 0 Å². The topological polar surface area (TPSA) is 63.5 Å². The second kappa shape index (κ2) is 4.37. The Morgan fingerprint density at radius 1 is 1.53 bits per heavy atom. The van der Waals surface area contributed by atoms with Crippen LogP contribution in [-0.4, -0.2) is 22.6 Å². The minimum Gasteiger partial charge on any atom is -0.305 e. The molecule has 2 rings (SSSR count). The summed E-state index contributed by atoms with van der Waals surface area (Å²) in [6, 6.07) is 4.87. The van der Waals surface area contributed by atoms with E-state index in [2.05, 4.69) is 12.6 Å². The third-order valence-corrected chi connectivity index (χ3v) is 3.07. The van der Waals surface area contributed by atoms with E-state index in [4.69, 9.17) is 0 Å². The predicted octanol–water partition coefficient (Wildman–Crippen LogP) is 1.94. The van der Waals surface area contributed by atoms with Crippen LogP contribution >= 0.6 is 12.6 Å². The summed E-state index contributed by atoms with van der Waals surface area (Å²) >= 11 is 4.24. The van der Waals surface area contributed by atoms with Crippen molar-refractivity contribution in [2.45, 2.75) is 18.6 Å². The normalized spacial score (nSPS) is 19.8. The Hall–Kier alpha value is -1.56. The highest BCUT2D eigenvalue weighted by Gasteiger charge is 2.32. The highest BCUT2D eigenvalue weighted by molar-refractivity contribution is 7.81. The number of carbonyl (C=O) groups is 1. The Morgan fingerprint density at radius 3 is 2.76 bits per heavy atom. The molecule has 17 heavy (non-hydrogen) atoms. The van der Waals surface area contributed by atoms with Crippen LogP contribution in [0.2, 0.25) is 0 Å². The average Bonchev–Trinajstić information content (AvgIpc) is 2.57. The second-order valence-corrected chi connectivity index (χ2v) is 4.84. The molecule has 0 saturated carbocycles. The van der Waals surface area contributed by atoms with Crippen LogP contribution in [0.1, 0.15) is 12.0 Å². The quantitative estimate of drug-likeness (QED) is 0.497. The first-order chi connectivity index (χ1) is 7.99. The maximum Gasteiger partial charge on any atom is 0.293 e. The van der Waals surface area contributed by atoms with Crippen molar-refractivity contribution in [2.24, 2.45) is 0 Å². The standard InChI is InChI=1S/C11H12N2O3S/c1-7-2-3-9(10(4-7)13(15)16)12-6-8(17)5-11(12)14/h2-4,8,17H,5-6H2,1H3. The van der Waals surface area contributed by atoms with Gasteiger partial charge in [-0.25, -0.2) is 0 Å². The Bertz CT molecular complexity index is 490. The van der Waals surface area contributed by atoms with Gasteiger partial charge in [0.15, 0.2) is 0 Å². The van der Waals surface area contributed by atoms with Gasteiger partial charge in [0.25, 0.3) is 5.69 Å². The van der Waals surface area contributed by atoms with Crippen molar-refractivity contribution in [2.75, 3.05) is 11.4 Å². The molecule has 0 bridgehead atoms. The third-order valence-electron chi connectivity index (χ3n) is 2.72. The van der Waals surface area contributed by atoms with Crippen LogP contribution in [-0.2, 0) is 4.79 Å². The molecule has 6 heteroatoms. The van der Waals surface area contributed by atoms with E-state index in [1.165, 1.54) is 11.0 Å². The number of amides is 1. The van der Waals surface area contributed by atoms with E-state index in [1.54, 1.807) is 19.1 Å². The van der Waals surface area contributed by atoms with Crippen LogP contribution in [0.4, 0.5) is 11.4 Å². The summed E-state index contributed by atoms with van der Waals surface area (Å²) in [5, 5.41) is 10.9. The SMILES string of the molecule is Cc1ccc(N2CC(S)CC2=O)c([N+](=O)[O-])c1. The molecule has 1 aromatic carbocycles. The molecule has 1 saturated heterocycles. The van der Waals surface area contributed by atoms with Gasteiger partial charge in [-0.05, 0) is 18.6 Å². The van der Waals surface area contributed by atoms with Crippen molar-refractivity contribution in [3.63, 3.8) is 0 Å². The zero-order chi connectivity index (χ0) is 12.6. The van der Waals surface area contributed by atoms with Crippen molar-refractivity contribution in [1.29, 1.82) is 0 Å². The molecule has 0 N–H and O–H groups in total. The van der Waals surface area contributed by atoms with E-state index >= 15 is 0 Å². The molecule has 1 aliphatic heterocycles. The number of nitro groups is 1. The van der Waals surface area contributed by atoms with Gasteiger partial charge < -0.3 is 4.90 Å². The fourth-order valence-corrected chi connectivity index (χ4v) is 2.25. The second-order valence-electron chi connectivity index (χ2n) is 4.11. The van der Waals surface area contributed by atoms with E-state index in [0.717, 1.165) is 5.56 Å². The summed E-state index contributed by atoms with van der Waals surface area (Å²) in [5.74, 6) is -0.114. The summed E-state index contributed by atoms with van der Waals surface area (Å²) in [4.78, 5) is 23.6. The predicted molar refractivity (Wildman–Crippen MR) is 67.6 cm³/mol. The molecule has 90 valence electrons. The van der Waals surface area contributed by atoms with E-state index in [9.17, 15) is 14.9 Å². The Morgan fingerprint density at radius 2 is 2.24 bits per heavy atom. The summed E-state index contributed by atoms with van der Waals surface area (Å²) in [6.45, 7) is 2.20. The molecule has 0 aromatic heterocycles. The number of nitrogens with zero attached hydrogens (tertiary/aromatic N) is 2. The van der Waals surface area contributed by atoms with Crippen LogP contribution < -0.4 is 4.90 Å². The van der Waals surface area contributed by atoms with Crippen LogP contribution in [0.25, 0.3) is 0 Å². The van der Waals surface area contributed by atoms with Gasteiger partial charge in [-0.15, -0.1) is 0 Å². The number of nitro benzene ring substituents is 1. The first-order valence-corrected chi connectivity index (χ1v) is 5.74. The number of carbonyl (C=O) groups excluding carboxylic acids is 1. The zero-order valence-corrected chi connectivity index (χ0v) is 10.2. The van der Waals surface area contributed by atoms with Crippen molar-refractivity contribution in [3.8, 4) is 0 Å². The number of thiol groups is 1. The van der Waals surface area contributed by atoms with Crippen LogP contribution in [0.15, 0.2) is 18.2 Å². The van der Waals surface area contributed by atoms with Crippen LogP contribution in [0.5, 0.6) is 0 Å². The largest absolute Gasteiger partial charge is 0.305 e. The fraction of sp³-hybridized carbons (Fsp3) is 0.364. The Balaban J connectivity index is 2.45. The van der Waals surface area contributed by atoms with Crippen LogP contribution in [0.3, 0.4) is 0 Å². The van der Waals surface area contributed by atoms with Gasteiger partial charge in [-0.2, -0.15) is 12.6 Å². The smallest absolute Gasteiger partial charge is 0.293 e. The number of anilines is 1. The van der Waals surface area contributed by atoms with Gasteiger partial charge in [0.2, 0.25) is 5.91 Å². The van der Waals surface area contributed by atoms with Gasteiger partial charge in [-0.3, -0.25) is 14.9 Å². The lowest BCUT2D eigenvalue weighted by atomic mass is 10.2. The molecule has 0 radical (unpaired) electrons. The molecule has 1 aromatic rings. The van der Waals surface area contributed by atoms with Gasteiger partial charge in [-0.1, -0.05) is 6.07 Å². The first kappa shape index (κ1) is 11.9. The number of hydrogen-bond donors (Lipinski definition) is 1. The molecule has 1 atom stereocenters. The summed E-state index contributed by atoms with van der Waals surface area (Å²) in [7, 11) is 0. The summed E-state index contributed by atoms with van der Waals surface area (Å²) in [6.07, 6.45) is 0.328. The minimum absolute atomic E-state index is 0.0271. The Labute approximate surface area is 104 Å². The zero-order valence-electron chi connectivity index (χ0n) is 9.29. The number of rotatable bonds is 2. The lowest BCUT2D eigenvalue weighted by molar-refractivity contribution is -0.384. The van der Waals surface area contributed by atoms with Gasteiger partial charge in [0.1, 0.15) is 5.69 Å². The molecule has 1 amide bonds. The molecule has 1 unspecified atom stereocenters. The maximum atomic E-state index is 11.7. The number of aryl methyl sites for hydroxylation is 1. The van der Waals surface area contributed by atoms with Gasteiger partial charge in [0, 0.05) is 24.3 Å². The molecular formula is C11H12N2O3S. The fourth-order valence-electron chi connectivity index (χ4n) is 1.93. The first-order valence-electron chi connectivity index (χ1n) is 5.22. The lowest BCUT2D eigenvalue weighted by Crippen LogP contribution is -2.25. The molecule has 1 fully saturated rings. The van der Waals surface area contributed by atoms with E-state index in [0.29, 0.717) is 18.7 Å². The molecule has 1 heterocycles. The number of benzene rings is 1. The Kier molecular flexibility index (Phi) is 3.06. The maximum absolute atomic E-state index is 11.7. The molecule has 0 aliphatic carbocycles.